The summed E-state index contributed by atoms with van der Waals surface area (Å²) in [6.07, 6.45) is 6.44. The van der Waals surface area contributed by atoms with Gasteiger partial charge in [-0.2, -0.15) is 0 Å². The van der Waals surface area contributed by atoms with Gasteiger partial charge in [0.05, 0.1) is 0 Å². The molecule has 1 aromatic carbocycles. The van der Waals surface area contributed by atoms with Crippen LogP contribution in [0.25, 0.3) is 11.6 Å². The lowest BCUT2D eigenvalue weighted by Crippen LogP contribution is -1.99. The first-order chi connectivity index (χ1) is 11.9. The van der Waals surface area contributed by atoms with Crippen LogP contribution in [-0.4, -0.2) is 11.4 Å². The Morgan fingerprint density at radius 3 is 2.71 bits per heavy atom. The predicted molar refractivity (Wildman–Crippen MR) is 101 cm³/mol. The van der Waals surface area contributed by atoms with Crippen molar-refractivity contribution in [1.82, 2.24) is 4.98 Å². The van der Waals surface area contributed by atoms with Crippen LogP contribution in [0.3, 0.4) is 0 Å². The van der Waals surface area contributed by atoms with Crippen LogP contribution >= 0.6 is 11.3 Å². The normalized spacial score (nSPS) is 11.2. The molecule has 0 saturated carbocycles. The van der Waals surface area contributed by atoms with Crippen LogP contribution in [0.4, 0.5) is 5.69 Å². The van der Waals surface area contributed by atoms with Crippen molar-refractivity contribution < 1.29 is 4.79 Å². The van der Waals surface area contributed by atoms with Crippen molar-refractivity contribution in [2.45, 2.75) is 12.8 Å². The molecule has 120 valence electrons. The summed E-state index contributed by atoms with van der Waals surface area (Å²) in [5, 5.41) is 4.87. The van der Waals surface area contributed by atoms with Crippen LogP contribution < -0.4 is 5.32 Å². The topological polar surface area (TPSA) is 42.0 Å². The summed E-state index contributed by atoms with van der Waals surface area (Å²) in [6, 6.07) is 18.0. The molecule has 4 heteroatoms. The molecule has 0 aliphatic heterocycles. The van der Waals surface area contributed by atoms with Gasteiger partial charge in [-0.05, 0) is 54.1 Å². The maximum Gasteiger partial charge on any atom is 0.211 e. The molecule has 0 fully saturated rings. The van der Waals surface area contributed by atoms with E-state index in [0.29, 0.717) is 0 Å². The second kappa shape index (κ2) is 8.22. The summed E-state index contributed by atoms with van der Waals surface area (Å²) in [5.41, 5.74) is 4.13. The van der Waals surface area contributed by atoms with E-state index in [1.54, 1.807) is 11.3 Å². The standard InChI is InChI=1S/C20H18N2OS/c23-15-22-20-9-2-1-8-19(20)16(14-18-7-5-13-24-18)10-11-17-6-3-4-12-21-17/h1-9,12-15H,10-11H2,(H,22,23)/b16-14+. The summed E-state index contributed by atoms with van der Waals surface area (Å²) in [6.45, 7) is 0. The number of nitrogens with zero attached hydrogens (tertiary/aromatic N) is 1. The number of aromatic nitrogens is 1. The highest BCUT2D eigenvalue weighted by atomic mass is 32.1. The maximum absolute atomic E-state index is 10.9. The minimum Gasteiger partial charge on any atom is -0.328 e. The highest BCUT2D eigenvalue weighted by Crippen LogP contribution is 2.30. The van der Waals surface area contributed by atoms with Gasteiger partial charge in [-0.15, -0.1) is 11.3 Å². The zero-order chi connectivity index (χ0) is 16.6. The van der Waals surface area contributed by atoms with Crippen molar-refractivity contribution in [2.75, 3.05) is 5.32 Å². The molecule has 2 aromatic heterocycles. The van der Waals surface area contributed by atoms with Crippen LogP contribution in [0.15, 0.2) is 66.2 Å². The van der Waals surface area contributed by atoms with Gasteiger partial charge in [-0.25, -0.2) is 0 Å². The van der Waals surface area contributed by atoms with E-state index in [-0.39, 0.29) is 0 Å². The first-order valence-corrected chi connectivity index (χ1v) is 8.68. The van der Waals surface area contributed by atoms with Gasteiger partial charge in [0.15, 0.2) is 0 Å². The molecule has 0 spiro atoms. The molecule has 0 aliphatic rings. The first kappa shape index (κ1) is 16.1. The second-order valence-corrected chi connectivity index (χ2v) is 6.29. The Balaban J connectivity index is 1.92. The smallest absolute Gasteiger partial charge is 0.211 e. The van der Waals surface area contributed by atoms with Gasteiger partial charge >= 0.3 is 0 Å². The third kappa shape index (κ3) is 4.18. The van der Waals surface area contributed by atoms with E-state index in [1.807, 2.05) is 54.7 Å². The van der Waals surface area contributed by atoms with Gasteiger partial charge in [-0.3, -0.25) is 9.78 Å². The molecule has 0 unspecified atom stereocenters. The predicted octanol–water partition coefficient (Wildman–Crippen LogP) is 4.88. The van der Waals surface area contributed by atoms with Crippen molar-refractivity contribution in [1.29, 1.82) is 0 Å². The van der Waals surface area contributed by atoms with E-state index in [0.717, 1.165) is 36.2 Å². The Labute approximate surface area is 145 Å². The minimum atomic E-state index is 0.723. The molecule has 0 saturated heterocycles. The summed E-state index contributed by atoms with van der Waals surface area (Å²) in [4.78, 5) is 16.5. The third-order valence-corrected chi connectivity index (χ3v) is 4.54. The van der Waals surface area contributed by atoms with Gasteiger partial charge in [0.1, 0.15) is 0 Å². The lowest BCUT2D eigenvalue weighted by molar-refractivity contribution is -0.105. The fourth-order valence-corrected chi connectivity index (χ4v) is 3.27. The molecule has 0 bridgehead atoms. The second-order valence-electron chi connectivity index (χ2n) is 5.31. The number of hydrogen-bond acceptors (Lipinski definition) is 3. The average Bonchev–Trinajstić information content (AvgIpc) is 3.13. The Kier molecular flexibility index (Phi) is 5.53. The summed E-state index contributed by atoms with van der Waals surface area (Å²) in [7, 11) is 0. The largest absolute Gasteiger partial charge is 0.328 e. The summed E-state index contributed by atoms with van der Waals surface area (Å²) < 4.78 is 0. The monoisotopic (exact) mass is 334 g/mol. The van der Waals surface area contributed by atoms with Crippen molar-refractivity contribution in [3.63, 3.8) is 0 Å². The molecule has 3 aromatic rings. The highest BCUT2D eigenvalue weighted by molar-refractivity contribution is 7.10. The molecule has 24 heavy (non-hydrogen) atoms. The average molecular weight is 334 g/mol. The first-order valence-electron chi connectivity index (χ1n) is 7.80. The Bertz CT molecular complexity index is 811. The molecule has 1 N–H and O–H groups in total. The zero-order valence-electron chi connectivity index (χ0n) is 13.2. The van der Waals surface area contributed by atoms with E-state index >= 15 is 0 Å². The number of nitrogens with one attached hydrogen (secondary N) is 1. The van der Waals surface area contributed by atoms with Crippen molar-refractivity contribution in [3.05, 3.63) is 82.3 Å². The summed E-state index contributed by atoms with van der Waals surface area (Å²) in [5.74, 6) is 0. The van der Waals surface area contributed by atoms with Crippen molar-refractivity contribution >= 4 is 35.1 Å². The Hall–Kier alpha value is -2.72. The number of benzene rings is 1. The van der Waals surface area contributed by atoms with Gasteiger partial charge < -0.3 is 5.32 Å². The Morgan fingerprint density at radius 2 is 1.96 bits per heavy atom. The van der Waals surface area contributed by atoms with Gasteiger partial charge in [0.25, 0.3) is 0 Å². The highest BCUT2D eigenvalue weighted by Gasteiger charge is 2.09. The van der Waals surface area contributed by atoms with E-state index < -0.39 is 0 Å². The molecule has 0 aliphatic carbocycles. The molecular weight excluding hydrogens is 316 g/mol. The quantitative estimate of drug-likeness (QED) is 0.625. The van der Waals surface area contributed by atoms with Crippen LogP contribution in [0.1, 0.15) is 22.6 Å². The Morgan fingerprint density at radius 1 is 1.08 bits per heavy atom. The van der Waals surface area contributed by atoms with E-state index in [1.165, 1.54) is 10.5 Å². The lowest BCUT2D eigenvalue weighted by Gasteiger charge is -2.12. The van der Waals surface area contributed by atoms with Crippen LogP contribution in [0.5, 0.6) is 0 Å². The number of carbonyl (C=O) groups excluding carboxylic acids is 1. The number of rotatable bonds is 7. The van der Waals surface area contributed by atoms with Gasteiger partial charge in [-0.1, -0.05) is 30.3 Å². The zero-order valence-corrected chi connectivity index (χ0v) is 14.0. The lowest BCUT2D eigenvalue weighted by atomic mass is 9.97. The summed E-state index contributed by atoms with van der Waals surface area (Å²) >= 11 is 1.70. The number of amides is 1. The number of hydrogen-bond donors (Lipinski definition) is 1. The maximum atomic E-state index is 10.9. The molecule has 0 radical (unpaired) electrons. The SMILES string of the molecule is O=CNc1ccccc1/C(=C/c1cccs1)CCc1ccccn1. The number of para-hydroxylation sites is 1. The van der Waals surface area contributed by atoms with Crippen LogP contribution in [0.2, 0.25) is 0 Å². The number of aryl methyl sites for hydroxylation is 1. The molecule has 3 nitrogen and oxygen atoms in total. The fraction of sp³-hybridized carbons (Fsp3) is 0.100. The van der Waals surface area contributed by atoms with E-state index in [9.17, 15) is 4.79 Å². The van der Waals surface area contributed by atoms with E-state index in [2.05, 4.69) is 27.8 Å². The molecule has 3 rings (SSSR count). The van der Waals surface area contributed by atoms with Crippen LogP contribution in [0, 0.1) is 0 Å². The number of carbonyl (C=O) groups is 1. The van der Waals surface area contributed by atoms with Gasteiger partial charge in [0, 0.05) is 28.0 Å². The third-order valence-electron chi connectivity index (χ3n) is 3.72. The minimum absolute atomic E-state index is 0.723. The van der Waals surface area contributed by atoms with Crippen molar-refractivity contribution in [2.24, 2.45) is 0 Å². The number of allylic oxidation sites excluding steroid dienone is 1. The number of thiophene rings is 1. The fourth-order valence-electron chi connectivity index (χ4n) is 2.59. The number of anilines is 1. The van der Waals surface area contributed by atoms with Crippen molar-refractivity contribution in [3.8, 4) is 0 Å². The van der Waals surface area contributed by atoms with E-state index in [4.69, 9.17) is 0 Å². The van der Waals surface area contributed by atoms with Crippen LogP contribution in [-0.2, 0) is 11.2 Å². The molecule has 0 atom stereocenters. The number of pyridine rings is 1. The van der Waals surface area contributed by atoms with Gasteiger partial charge in [0.2, 0.25) is 6.41 Å². The molecule has 2 heterocycles. The molecular formula is C20H18N2OS. The molecule has 1 amide bonds.